The normalized spacial score (nSPS) is 18.3. The summed E-state index contributed by atoms with van der Waals surface area (Å²) >= 11 is 1.43. The predicted molar refractivity (Wildman–Crippen MR) is 112 cm³/mol. The van der Waals surface area contributed by atoms with Crippen molar-refractivity contribution in [3.05, 3.63) is 51.5 Å². The minimum atomic E-state index is -3.40. The summed E-state index contributed by atoms with van der Waals surface area (Å²) in [4.78, 5) is 19.8. The Labute approximate surface area is 171 Å². The first kappa shape index (κ1) is 21.0. The Balaban J connectivity index is 1.65. The number of rotatable bonds is 5. The van der Waals surface area contributed by atoms with Crippen LogP contribution in [0.25, 0.3) is 0 Å². The van der Waals surface area contributed by atoms with Crippen LogP contribution in [0.1, 0.15) is 45.2 Å². The van der Waals surface area contributed by atoms with Gasteiger partial charge >= 0.3 is 0 Å². The van der Waals surface area contributed by atoms with E-state index in [9.17, 15) is 13.2 Å². The lowest BCUT2D eigenvalue weighted by atomic mass is 10.1. The molecule has 1 aliphatic rings. The highest BCUT2D eigenvalue weighted by atomic mass is 32.2. The van der Waals surface area contributed by atoms with Crippen LogP contribution in [0.2, 0.25) is 0 Å². The van der Waals surface area contributed by atoms with Gasteiger partial charge in [-0.15, -0.1) is 11.3 Å². The van der Waals surface area contributed by atoms with E-state index < -0.39 is 10.0 Å². The number of carbonyl (C=O) groups is 1. The number of nitrogens with zero attached hydrogens (tertiary/aromatic N) is 3. The standard InChI is InChI=1S/C20H27N3O3S2/c1-15-19(27-16(2)21-15)20(24)23-12-7-10-18(11-13-23)22(3)28(25,26)14-17-8-5-4-6-9-17/h4-6,8-9,18H,7,10-14H2,1-3H3. The number of benzene rings is 1. The van der Waals surface area contributed by atoms with E-state index in [1.165, 1.54) is 15.6 Å². The van der Waals surface area contributed by atoms with E-state index in [-0.39, 0.29) is 17.7 Å². The van der Waals surface area contributed by atoms with Crippen molar-refractivity contribution in [2.45, 2.75) is 44.9 Å². The Bertz CT molecular complexity index is 925. The molecule has 2 aromatic rings. The first-order valence-electron chi connectivity index (χ1n) is 9.51. The fourth-order valence-electron chi connectivity index (χ4n) is 3.63. The number of likely N-dealkylation sites (tertiary alicyclic amines) is 1. The SMILES string of the molecule is Cc1nc(C)c(C(=O)N2CCCC(N(C)S(=O)(=O)Cc3ccccc3)CC2)s1. The highest BCUT2D eigenvalue weighted by Gasteiger charge is 2.30. The summed E-state index contributed by atoms with van der Waals surface area (Å²) < 4.78 is 27.2. The second-order valence-corrected chi connectivity index (χ2v) is 10.5. The van der Waals surface area contributed by atoms with Crippen molar-refractivity contribution in [1.82, 2.24) is 14.2 Å². The summed E-state index contributed by atoms with van der Waals surface area (Å²) in [5, 5.41) is 0.889. The van der Waals surface area contributed by atoms with Gasteiger partial charge in [-0.1, -0.05) is 30.3 Å². The van der Waals surface area contributed by atoms with Gasteiger partial charge in [-0.3, -0.25) is 4.79 Å². The number of hydrogen-bond acceptors (Lipinski definition) is 5. The van der Waals surface area contributed by atoms with Crippen molar-refractivity contribution in [1.29, 1.82) is 0 Å². The molecule has 6 nitrogen and oxygen atoms in total. The van der Waals surface area contributed by atoms with E-state index in [1.807, 2.05) is 49.1 Å². The highest BCUT2D eigenvalue weighted by molar-refractivity contribution is 7.88. The number of aryl methyl sites for hydroxylation is 2. The third-order valence-electron chi connectivity index (χ3n) is 5.23. The lowest BCUT2D eigenvalue weighted by Crippen LogP contribution is -2.39. The molecule has 0 spiro atoms. The largest absolute Gasteiger partial charge is 0.338 e. The topological polar surface area (TPSA) is 70.6 Å². The fraction of sp³-hybridized carbons (Fsp3) is 0.500. The molecule has 0 aliphatic carbocycles. The molecule has 152 valence electrons. The first-order valence-corrected chi connectivity index (χ1v) is 11.9. The molecule has 3 rings (SSSR count). The Morgan fingerprint density at radius 1 is 1.21 bits per heavy atom. The van der Waals surface area contributed by atoms with Crippen molar-refractivity contribution < 1.29 is 13.2 Å². The number of carbonyl (C=O) groups excluding carboxylic acids is 1. The van der Waals surface area contributed by atoms with Crippen LogP contribution in [-0.2, 0) is 15.8 Å². The van der Waals surface area contributed by atoms with Gasteiger partial charge in [-0.2, -0.15) is 0 Å². The molecular weight excluding hydrogens is 394 g/mol. The van der Waals surface area contributed by atoms with Gasteiger partial charge in [0, 0.05) is 26.2 Å². The molecule has 0 radical (unpaired) electrons. The van der Waals surface area contributed by atoms with Crippen LogP contribution in [0.15, 0.2) is 30.3 Å². The quantitative estimate of drug-likeness (QED) is 0.743. The van der Waals surface area contributed by atoms with E-state index in [0.29, 0.717) is 24.4 Å². The predicted octanol–water partition coefficient (Wildman–Crippen LogP) is 3.22. The molecule has 1 atom stereocenters. The van der Waals surface area contributed by atoms with Crippen LogP contribution >= 0.6 is 11.3 Å². The number of thiazole rings is 1. The average Bonchev–Trinajstić information content (AvgIpc) is 2.85. The Morgan fingerprint density at radius 3 is 2.57 bits per heavy atom. The molecule has 0 saturated carbocycles. The van der Waals surface area contributed by atoms with E-state index in [4.69, 9.17) is 0 Å². The number of hydrogen-bond donors (Lipinski definition) is 0. The third-order valence-corrected chi connectivity index (χ3v) is 8.16. The van der Waals surface area contributed by atoms with Gasteiger partial charge in [0.25, 0.3) is 5.91 Å². The number of aromatic nitrogens is 1. The Kier molecular flexibility index (Phi) is 6.52. The molecule has 0 N–H and O–H groups in total. The van der Waals surface area contributed by atoms with E-state index in [2.05, 4.69) is 4.98 Å². The third kappa shape index (κ3) is 4.79. The lowest BCUT2D eigenvalue weighted by molar-refractivity contribution is 0.0764. The van der Waals surface area contributed by atoms with Crippen LogP contribution in [0.3, 0.4) is 0 Å². The molecule has 1 aromatic carbocycles. The van der Waals surface area contributed by atoms with Gasteiger partial charge in [0.15, 0.2) is 0 Å². The van der Waals surface area contributed by atoms with Crippen LogP contribution in [0, 0.1) is 13.8 Å². The van der Waals surface area contributed by atoms with Gasteiger partial charge in [-0.05, 0) is 38.7 Å². The number of amides is 1. The molecule has 1 unspecified atom stereocenters. The molecule has 1 aromatic heterocycles. The molecule has 8 heteroatoms. The maximum atomic E-state index is 12.9. The highest BCUT2D eigenvalue weighted by Crippen LogP contribution is 2.24. The molecule has 1 amide bonds. The smallest absolute Gasteiger partial charge is 0.265 e. The zero-order chi connectivity index (χ0) is 20.3. The van der Waals surface area contributed by atoms with Crippen LogP contribution < -0.4 is 0 Å². The van der Waals surface area contributed by atoms with Gasteiger partial charge < -0.3 is 4.90 Å². The lowest BCUT2D eigenvalue weighted by Gasteiger charge is -2.26. The summed E-state index contributed by atoms with van der Waals surface area (Å²) in [6.45, 7) is 4.98. The van der Waals surface area contributed by atoms with Crippen LogP contribution in [0.4, 0.5) is 0 Å². The fourth-order valence-corrected chi connectivity index (χ4v) is 6.00. The summed E-state index contributed by atoms with van der Waals surface area (Å²) in [5.74, 6) is 0.0153. The molecular formula is C20H27N3O3S2. The molecule has 1 fully saturated rings. The molecule has 1 saturated heterocycles. The van der Waals surface area contributed by atoms with Crippen molar-refractivity contribution >= 4 is 27.3 Å². The second kappa shape index (κ2) is 8.71. The Hall–Kier alpha value is -1.77. The first-order chi connectivity index (χ1) is 13.3. The zero-order valence-electron chi connectivity index (χ0n) is 16.6. The van der Waals surface area contributed by atoms with Crippen LogP contribution in [0.5, 0.6) is 0 Å². The van der Waals surface area contributed by atoms with E-state index in [1.54, 1.807) is 7.05 Å². The van der Waals surface area contributed by atoms with Gasteiger partial charge in [0.05, 0.1) is 16.5 Å². The summed E-state index contributed by atoms with van der Waals surface area (Å²) in [5.41, 5.74) is 1.56. The number of sulfonamides is 1. The Morgan fingerprint density at radius 2 is 1.93 bits per heavy atom. The van der Waals surface area contributed by atoms with Crippen molar-refractivity contribution in [2.24, 2.45) is 0 Å². The monoisotopic (exact) mass is 421 g/mol. The molecule has 1 aliphatic heterocycles. The summed E-state index contributed by atoms with van der Waals surface area (Å²) in [7, 11) is -1.74. The zero-order valence-corrected chi connectivity index (χ0v) is 18.2. The van der Waals surface area contributed by atoms with E-state index in [0.717, 1.165) is 29.1 Å². The average molecular weight is 422 g/mol. The van der Waals surface area contributed by atoms with Crippen molar-refractivity contribution in [3.8, 4) is 0 Å². The van der Waals surface area contributed by atoms with Crippen molar-refractivity contribution in [2.75, 3.05) is 20.1 Å². The molecule has 28 heavy (non-hydrogen) atoms. The summed E-state index contributed by atoms with van der Waals surface area (Å²) in [6.07, 6.45) is 2.19. The maximum absolute atomic E-state index is 12.9. The second-order valence-electron chi connectivity index (χ2n) is 7.28. The minimum absolute atomic E-state index is 0.00280. The minimum Gasteiger partial charge on any atom is -0.338 e. The van der Waals surface area contributed by atoms with Gasteiger partial charge in [-0.25, -0.2) is 17.7 Å². The van der Waals surface area contributed by atoms with Crippen molar-refractivity contribution in [3.63, 3.8) is 0 Å². The summed E-state index contributed by atoms with van der Waals surface area (Å²) in [6, 6.07) is 9.15. The molecule has 0 bridgehead atoms. The maximum Gasteiger partial charge on any atom is 0.265 e. The van der Waals surface area contributed by atoms with Crippen LogP contribution in [-0.4, -0.2) is 54.7 Å². The van der Waals surface area contributed by atoms with E-state index >= 15 is 0 Å². The van der Waals surface area contributed by atoms with Gasteiger partial charge in [0.1, 0.15) is 4.88 Å². The molecule has 2 heterocycles. The van der Waals surface area contributed by atoms with Gasteiger partial charge in [0.2, 0.25) is 10.0 Å².